The third-order valence-electron chi connectivity index (χ3n) is 8.12. The van der Waals surface area contributed by atoms with E-state index in [-0.39, 0.29) is 19.8 Å². The summed E-state index contributed by atoms with van der Waals surface area (Å²) in [6, 6.07) is 15.8. The number of esters is 4. The number of benzene rings is 2. The van der Waals surface area contributed by atoms with Crippen molar-refractivity contribution in [1.29, 1.82) is 0 Å². The van der Waals surface area contributed by atoms with Gasteiger partial charge in [0.15, 0.2) is 0 Å². The molecule has 1 fully saturated rings. The summed E-state index contributed by atoms with van der Waals surface area (Å²) in [4.78, 5) is 84.9. The molecule has 3 N–H and O–H groups in total. The minimum atomic E-state index is -5.31. The average Bonchev–Trinajstić information content (AvgIpc) is 3.25. The van der Waals surface area contributed by atoms with Gasteiger partial charge in [0.2, 0.25) is 5.91 Å². The second kappa shape index (κ2) is 30.5. The van der Waals surface area contributed by atoms with Crippen LogP contribution in [0.1, 0.15) is 79.4 Å². The maximum atomic E-state index is 14.5. The van der Waals surface area contributed by atoms with Gasteiger partial charge >= 0.3 is 44.6 Å². The number of amides is 2. The molecule has 2 aromatic carbocycles. The van der Waals surface area contributed by atoms with Crippen LogP contribution in [0, 0.1) is 0 Å². The lowest BCUT2D eigenvalue weighted by Gasteiger charge is -2.47. The van der Waals surface area contributed by atoms with Gasteiger partial charge in [0, 0.05) is 34.1 Å². The highest BCUT2D eigenvalue weighted by Crippen LogP contribution is 2.50. The van der Waals surface area contributed by atoms with Crippen LogP contribution in [0.25, 0.3) is 0 Å². The first kappa shape index (κ1) is 58.3. The Hall–Kier alpha value is -5.73. The summed E-state index contributed by atoms with van der Waals surface area (Å²) in [6.45, 7) is 9.60. The molecule has 5 unspecified atom stereocenters. The van der Waals surface area contributed by atoms with Gasteiger partial charge in [-0.2, -0.15) is 13.2 Å². The van der Waals surface area contributed by atoms with Crippen molar-refractivity contribution in [1.82, 2.24) is 10.6 Å². The summed E-state index contributed by atoms with van der Waals surface area (Å²) in [6.07, 6.45) is -5.79. The van der Waals surface area contributed by atoms with E-state index in [0.717, 1.165) is 27.7 Å². The molecule has 0 saturated carbocycles. The Morgan fingerprint density at radius 2 is 1.44 bits per heavy atom. The number of alkyl halides is 3. The Morgan fingerprint density at radius 1 is 0.864 bits per heavy atom. The highest BCUT2D eigenvalue weighted by molar-refractivity contribution is 7.41. The molecule has 2 aromatic rings. The van der Waals surface area contributed by atoms with Crippen molar-refractivity contribution in [3.8, 4) is 0 Å². The van der Waals surface area contributed by atoms with Crippen LogP contribution in [0.15, 0.2) is 84.5 Å². The number of hydrogen-bond acceptors (Lipinski definition) is 15. The first-order valence-corrected chi connectivity index (χ1v) is 21.5. The molecule has 66 heavy (non-hydrogen) atoms. The number of carbonyl (C=O) groups is 7. The Kier molecular flexibility index (Phi) is 26.9. The Balaban J connectivity index is 0.00000343. The number of carbonyl (C=O) groups excluding carboxylic acids is 6. The fourth-order valence-electron chi connectivity index (χ4n) is 5.49. The van der Waals surface area contributed by atoms with Gasteiger partial charge in [0.1, 0.15) is 25.4 Å². The molecule has 1 heterocycles. The summed E-state index contributed by atoms with van der Waals surface area (Å²) >= 11 is 0. The summed E-state index contributed by atoms with van der Waals surface area (Å²) in [5, 5.41) is 11.3. The minimum Gasteiger partial charge on any atom is -0.481 e. The molecular formula is C44H58F3N2O16P. The summed E-state index contributed by atoms with van der Waals surface area (Å²) < 4.78 is 85.7. The Morgan fingerprint density at radius 3 is 1.95 bits per heavy atom. The quantitative estimate of drug-likeness (QED) is 0.0538. The van der Waals surface area contributed by atoms with Crippen LogP contribution in [0.4, 0.5) is 13.2 Å². The van der Waals surface area contributed by atoms with Gasteiger partial charge in [-0.15, -0.1) is 0 Å². The van der Waals surface area contributed by atoms with Crippen LogP contribution in [0.5, 0.6) is 0 Å². The molecule has 0 radical (unpaired) electrons. The Labute approximate surface area is 382 Å². The van der Waals surface area contributed by atoms with E-state index in [1.807, 2.05) is 20.8 Å². The van der Waals surface area contributed by atoms with Crippen molar-refractivity contribution < 1.29 is 89.1 Å². The van der Waals surface area contributed by atoms with Crippen LogP contribution in [0.3, 0.4) is 0 Å². The van der Waals surface area contributed by atoms with E-state index < -0.39 is 113 Å². The van der Waals surface area contributed by atoms with E-state index in [9.17, 15) is 41.9 Å². The lowest BCUT2D eigenvalue weighted by molar-refractivity contribution is -0.277. The van der Waals surface area contributed by atoms with E-state index in [1.165, 1.54) is 5.32 Å². The molecule has 0 spiro atoms. The SMILES string of the molecule is C/C=C\C=C(/C)COP(OCc1ccccc1)OC1(C(=O)OCc2ccccc2)C[C@@H](OC(C)=O)C(NC(=O)CNC(=O)C(F)(F)F)C(CC(COC(C)=O)OC(C)=O)O1.CC.CC(=O)O. The standard InChI is InChI=1S/C40H48F3N2O14P.C2H4O2.C2H6/c1-6-7-14-26(2)22-54-60(55-24-31-17-12-9-13-18-31)59-39(38(51)53-23-30-15-10-8-11-16-30)20-34(57-29(5)48)36(45-35(49)21-44-37(50)40(41,42)43)33(58-39)19-32(56-28(4)47)25-52-27(3)46;1-2(3)4;1-2/h6-18,32-34,36H,19-25H2,1-5H3,(H,44,50)(H,45,49);1H3,(H,3,4);1-2H3/b7-6-,26-14+;;/t32?,33?,34-,36?,39?,60?;;/m1../s1. The molecule has 0 aromatic heterocycles. The zero-order valence-corrected chi connectivity index (χ0v) is 38.8. The van der Waals surface area contributed by atoms with E-state index in [1.54, 1.807) is 85.8 Å². The van der Waals surface area contributed by atoms with Gasteiger partial charge in [-0.3, -0.25) is 33.3 Å². The lowest BCUT2D eigenvalue weighted by Crippen LogP contribution is -2.65. The van der Waals surface area contributed by atoms with Crippen molar-refractivity contribution in [2.45, 2.75) is 118 Å². The number of allylic oxidation sites excluding steroid dienone is 3. The maximum Gasteiger partial charge on any atom is 0.471 e. The highest BCUT2D eigenvalue weighted by Gasteiger charge is 2.58. The third-order valence-corrected chi connectivity index (χ3v) is 9.24. The average molecular weight is 959 g/mol. The molecule has 2 amide bonds. The third kappa shape index (κ3) is 23.5. The summed E-state index contributed by atoms with van der Waals surface area (Å²) in [7, 11) is -2.59. The van der Waals surface area contributed by atoms with Gasteiger partial charge in [0.25, 0.3) is 11.8 Å². The number of ether oxygens (including phenoxy) is 5. The molecule has 22 heteroatoms. The van der Waals surface area contributed by atoms with E-state index >= 15 is 0 Å². The Bertz CT molecular complexity index is 1920. The van der Waals surface area contributed by atoms with Crippen LogP contribution in [-0.2, 0) is 84.0 Å². The van der Waals surface area contributed by atoms with Gasteiger partial charge in [-0.25, -0.2) is 4.79 Å². The van der Waals surface area contributed by atoms with Gasteiger partial charge in [-0.1, -0.05) is 92.7 Å². The fourth-order valence-corrected chi connectivity index (χ4v) is 6.67. The largest absolute Gasteiger partial charge is 0.481 e. The first-order valence-electron chi connectivity index (χ1n) is 20.4. The van der Waals surface area contributed by atoms with Crippen molar-refractivity contribution in [2.24, 2.45) is 0 Å². The molecule has 6 atom stereocenters. The van der Waals surface area contributed by atoms with E-state index in [0.29, 0.717) is 16.7 Å². The van der Waals surface area contributed by atoms with Crippen LogP contribution in [-0.4, -0.2) is 103 Å². The summed E-state index contributed by atoms with van der Waals surface area (Å²) in [5.41, 5.74) is 1.95. The van der Waals surface area contributed by atoms with Crippen LogP contribution in [0.2, 0.25) is 0 Å². The first-order chi connectivity index (χ1) is 31.1. The number of halogens is 3. The molecule has 18 nitrogen and oxygen atoms in total. The zero-order chi connectivity index (χ0) is 49.9. The van der Waals surface area contributed by atoms with Gasteiger partial charge < -0.3 is 48.5 Å². The molecule has 366 valence electrons. The topological polar surface area (TPSA) is 238 Å². The molecule has 3 rings (SSSR count). The molecule has 0 aliphatic carbocycles. The van der Waals surface area contributed by atoms with E-state index in [2.05, 4.69) is 5.32 Å². The minimum absolute atomic E-state index is 0.0734. The van der Waals surface area contributed by atoms with Crippen molar-refractivity contribution >= 4 is 50.3 Å². The maximum absolute atomic E-state index is 14.5. The number of aliphatic carboxylic acids is 1. The van der Waals surface area contributed by atoms with Crippen molar-refractivity contribution in [3.63, 3.8) is 0 Å². The van der Waals surface area contributed by atoms with E-state index in [4.69, 9.17) is 47.2 Å². The number of carboxylic acid groups (broad SMARTS) is 1. The second-order valence-corrected chi connectivity index (χ2v) is 14.9. The van der Waals surface area contributed by atoms with Crippen molar-refractivity contribution in [2.75, 3.05) is 19.8 Å². The number of nitrogens with one attached hydrogen (secondary N) is 2. The van der Waals surface area contributed by atoms with Crippen LogP contribution >= 0.6 is 8.60 Å². The normalized spacial score (nSPS) is 19.0. The molecule has 0 bridgehead atoms. The summed E-state index contributed by atoms with van der Waals surface area (Å²) in [5.74, 6) is -10.8. The predicted octanol–water partition coefficient (Wildman–Crippen LogP) is 6.31. The predicted molar refractivity (Wildman–Crippen MR) is 230 cm³/mol. The molecule has 1 saturated heterocycles. The fraction of sp³-hybridized carbons (Fsp3) is 0.477. The van der Waals surface area contributed by atoms with Gasteiger partial charge in [0.05, 0.1) is 38.3 Å². The monoisotopic (exact) mass is 958 g/mol. The molecule has 1 aliphatic heterocycles. The molecular weight excluding hydrogens is 900 g/mol. The number of rotatable bonds is 21. The second-order valence-electron chi connectivity index (χ2n) is 13.8. The van der Waals surface area contributed by atoms with Crippen LogP contribution < -0.4 is 10.6 Å². The smallest absolute Gasteiger partial charge is 0.471 e. The zero-order valence-electron chi connectivity index (χ0n) is 37.9. The van der Waals surface area contributed by atoms with Gasteiger partial charge in [-0.05, 0) is 30.5 Å². The lowest BCUT2D eigenvalue weighted by atomic mass is 9.89. The number of carboxylic acids is 1. The number of hydrogen-bond donors (Lipinski definition) is 3. The molecule has 1 aliphatic rings. The van der Waals surface area contributed by atoms with Crippen molar-refractivity contribution in [3.05, 3.63) is 95.6 Å². The highest BCUT2D eigenvalue weighted by atomic mass is 31.2.